The molecule has 3 heteroatoms. The van der Waals surface area contributed by atoms with Crippen LogP contribution in [0, 0.1) is 0 Å². The standard InChI is InChI=1S/C4H3N2.Cr/c1-2-4-6-5-3-1;/h1-3H;. The maximum absolute atomic E-state index is 3.67. The summed E-state index contributed by atoms with van der Waals surface area (Å²) in [7, 11) is 0. The SMILES string of the molecule is [Cr][c]1cccnn1. The minimum atomic E-state index is 0.836. The van der Waals surface area contributed by atoms with Crippen LogP contribution in [0.5, 0.6) is 0 Å². The number of rotatable bonds is 0. The van der Waals surface area contributed by atoms with Crippen molar-refractivity contribution in [2.75, 3.05) is 0 Å². The monoisotopic (exact) mass is 131 g/mol. The van der Waals surface area contributed by atoms with E-state index in [-0.39, 0.29) is 0 Å². The van der Waals surface area contributed by atoms with Crippen molar-refractivity contribution in [2.45, 2.75) is 0 Å². The Balaban J connectivity index is 3.02. The topological polar surface area (TPSA) is 25.8 Å². The Bertz CT molecular complexity index is 140. The van der Waals surface area contributed by atoms with Gasteiger partial charge >= 0.3 is 49.4 Å². The van der Waals surface area contributed by atoms with Crippen LogP contribution in [-0.2, 0) is 16.3 Å². The van der Waals surface area contributed by atoms with E-state index in [1.54, 1.807) is 6.20 Å². The summed E-state index contributed by atoms with van der Waals surface area (Å²) in [6, 6.07) is 3.69. The Labute approximate surface area is 50.0 Å². The van der Waals surface area contributed by atoms with Crippen LogP contribution < -0.4 is 4.56 Å². The van der Waals surface area contributed by atoms with Gasteiger partial charge in [0.05, 0.1) is 0 Å². The zero-order valence-corrected chi connectivity index (χ0v) is 4.81. The summed E-state index contributed by atoms with van der Waals surface area (Å²) < 4.78 is 0.836. The molecule has 0 bridgehead atoms. The molecule has 0 aromatic carbocycles. The van der Waals surface area contributed by atoms with Crippen molar-refractivity contribution in [1.82, 2.24) is 10.2 Å². The van der Waals surface area contributed by atoms with Gasteiger partial charge in [0.2, 0.25) is 0 Å². The molecule has 0 aliphatic carbocycles. The van der Waals surface area contributed by atoms with E-state index in [4.69, 9.17) is 0 Å². The number of hydrogen-bond donors (Lipinski definition) is 0. The van der Waals surface area contributed by atoms with Crippen molar-refractivity contribution < 1.29 is 16.3 Å². The molecule has 2 nitrogen and oxygen atoms in total. The van der Waals surface area contributed by atoms with E-state index < -0.39 is 0 Å². The maximum atomic E-state index is 3.67. The summed E-state index contributed by atoms with van der Waals surface area (Å²) in [5.74, 6) is 0. The molecule has 35 valence electrons. The summed E-state index contributed by atoms with van der Waals surface area (Å²) in [4.78, 5) is 0. The van der Waals surface area contributed by atoms with Gasteiger partial charge in [-0.25, -0.2) is 0 Å². The molecular weight excluding hydrogens is 128 g/mol. The van der Waals surface area contributed by atoms with Crippen LogP contribution in [0.2, 0.25) is 0 Å². The second-order valence-electron chi connectivity index (χ2n) is 1.06. The Morgan fingerprint density at radius 2 is 2.43 bits per heavy atom. The molecule has 7 heavy (non-hydrogen) atoms. The average Bonchev–Trinajstić information content (AvgIpc) is 1.69. The van der Waals surface area contributed by atoms with Crippen LogP contribution in [0.25, 0.3) is 0 Å². The van der Waals surface area contributed by atoms with Crippen molar-refractivity contribution in [3.05, 3.63) is 18.3 Å². The van der Waals surface area contributed by atoms with Gasteiger partial charge in [-0.15, -0.1) is 0 Å². The molecule has 0 saturated carbocycles. The molecule has 0 spiro atoms. The predicted molar refractivity (Wildman–Crippen MR) is 21.7 cm³/mol. The molecule has 1 heterocycles. The van der Waals surface area contributed by atoms with Crippen molar-refractivity contribution >= 4 is 4.56 Å². The van der Waals surface area contributed by atoms with E-state index in [9.17, 15) is 0 Å². The fourth-order valence-electron chi connectivity index (χ4n) is 0.287. The van der Waals surface area contributed by atoms with E-state index in [1.165, 1.54) is 0 Å². The van der Waals surface area contributed by atoms with Gasteiger partial charge in [0.1, 0.15) is 0 Å². The van der Waals surface area contributed by atoms with Crippen molar-refractivity contribution in [1.29, 1.82) is 0 Å². The first-order chi connectivity index (χ1) is 3.39. The molecule has 0 radical (unpaired) electrons. The van der Waals surface area contributed by atoms with Crippen LogP contribution >= 0.6 is 0 Å². The van der Waals surface area contributed by atoms with Gasteiger partial charge in [-0.1, -0.05) is 0 Å². The predicted octanol–water partition coefficient (Wildman–Crippen LogP) is -0.351. The van der Waals surface area contributed by atoms with E-state index in [0.29, 0.717) is 0 Å². The van der Waals surface area contributed by atoms with Crippen molar-refractivity contribution in [3.8, 4) is 0 Å². The molecule has 1 aromatic rings. The molecule has 0 aliphatic rings. The van der Waals surface area contributed by atoms with Gasteiger partial charge in [0.15, 0.2) is 0 Å². The summed E-state index contributed by atoms with van der Waals surface area (Å²) in [6.07, 6.45) is 1.64. The van der Waals surface area contributed by atoms with E-state index in [2.05, 4.69) is 26.5 Å². The average molecular weight is 131 g/mol. The Hall–Kier alpha value is -0.388. The Morgan fingerprint density at radius 3 is 2.71 bits per heavy atom. The minimum absolute atomic E-state index is 0.836. The molecule has 0 atom stereocenters. The van der Waals surface area contributed by atoms with Gasteiger partial charge in [-0.3, -0.25) is 0 Å². The second-order valence-corrected chi connectivity index (χ2v) is 1.72. The fraction of sp³-hybridized carbons (Fsp3) is 0. The molecule has 0 amide bonds. The first kappa shape index (κ1) is 4.76. The molecule has 0 saturated heterocycles. The van der Waals surface area contributed by atoms with Crippen LogP contribution in [0.3, 0.4) is 0 Å². The molecule has 1 aromatic heterocycles. The van der Waals surface area contributed by atoms with Gasteiger partial charge in [0, 0.05) is 0 Å². The molecule has 1 rings (SSSR count). The fourth-order valence-corrected chi connectivity index (χ4v) is 0.484. The van der Waals surface area contributed by atoms with Crippen molar-refractivity contribution in [3.63, 3.8) is 0 Å². The van der Waals surface area contributed by atoms with E-state index in [0.717, 1.165) is 4.56 Å². The summed E-state index contributed by atoms with van der Waals surface area (Å²) in [6.45, 7) is 0. The molecule has 0 N–H and O–H groups in total. The zero-order chi connectivity index (χ0) is 5.11. The third-order valence-electron chi connectivity index (χ3n) is 0.548. The van der Waals surface area contributed by atoms with Gasteiger partial charge in [-0.2, -0.15) is 0 Å². The molecule has 0 unspecified atom stereocenters. The molecular formula is C4H3CrN2. The third kappa shape index (κ3) is 1.26. The first-order valence-corrected chi connectivity index (χ1v) is 2.48. The molecule has 0 aliphatic heterocycles. The summed E-state index contributed by atoms with van der Waals surface area (Å²) in [5, 5.41) is 7.28. The quantitative estimate of drug-likeness (QED) is 0.481. The Kier molecular flexibility index (Phi) is 1.40. The van der Waals surface area contributed by atoms with Gasteiger partial charge < -0.3 is 0 Å². The number of aromatic nitrogens is 2. The summed E-state index contributed by atoms with van der Waals surface area (Å²) >= 11 is 2.73. The van der Waals surface area contributed by atoms with Gasteiger partial charge in [-0.05, 0) is 0 Å². The third-order valence-corrected chi connectivity index (χ3v) is 0.888. The van der Waals surface area contributed by atoms with E-state index >= 15 is 0 Å². The van der Waals surface area contributed by atoms with Gasteiger partial charge in [0.25, 0.3) is 0 Å². The van der Waals surface area contributed by atoms with Crippen LogP contribution in [0.1, 0.15) is 0 Å². The number of hydrogen-bond acceptors (Lipinski definition) is 2. The zero-order valence-electron chi connectivity index (χ0n) is 3.53. The van der Waals surface area contributed by atoms with Crippen LogP contribution in [0.15, 0.2) is 18.3 Å². The van der Waals surface area contributed by atoms with E-state index in [1.807, 2.05) is 12.1 Å². The normalized spacial score (nSPS) is 8.57. The molecule has 0 fully saturated rings. The number of nitrogens with zero attached hydrogens (tertiary/aromatic N) is 2. The van der Waals surface area contributed by atoms with Crippen molar-refractivity contribution in [2.24, 2.45) is 0 Å². The second kappa shape index (κ2) is 2.06. The van der Waals surface area contributed by atoms with Crippen LogP contribution in [0.4, 0.5) is 0 Å². The summed E-state index contributed by atoms with van der Waals surface area (Å²) in [5.41, 5.74) is 0. The van der Waals surface area contributed by atoms with Crippen LogP contribution in [-0.4, -0.2) is 10.2 Å². The first-order valence-electron chi connectivity index (χ1n) is 1.84. The Morgan fingerprint density at radius 1 is 1.57 bits per heavy atom.